The first-order chi connectivity index (χ1) is 14.0. The van der Waals surface area contributed by atoms with E-state index in [-0.39, 0.29) is 24.1 Å². The summed E-state index contributed by atoms with van der Waals surface area (Å²) < 4.78 is 23.9. The van der Waals surface area contributed by atoms with E-state index in [9.17, 15) is 9.18 Å². The van der Waals surface area contributed by atoms with E-state index in [4.69, 9.17) is 9.47 Å². The number of hydrogen-bond donors (Lipinski definition) is 1. The molecule has 0 amide bonds. The van der Waals surface area contributed by atoms with E-state index in [2.05, 4.69) is 5.32 Å². The zero-order valence-corrected chi connectivity index (χ0v) is 16.7. The molecule has 0 bridgehead atoms. The minimum atomic E-state index is -0.365. The van der Waals surface area contributed by atoms with E-state index in [0.717, 1.165) is 16.8 Å². The number of carbonyl (C=O) groups excluding carboxylic acids is 1. The maximum Gasteiger partial charge on any atom is 0.165 e. The Balaban J connectivity index is 1.92. The fourth-order valence-electron chi connectivity index (χ4n) is 3.20. The Hall–Kier alpha value is -3.34. The molecule has 0 aliphatic carbocycles. The molecule has 150 valence electrons. The maximum absolute atomic E-state index is 13.2. The van der Waals surface area contributed by atoms with Crippen LogP contribution in [0.1, 0.15) is 33.9 Å². The topological polar surface area (TPSA) is 47.6 Å². The molecule has 0 aromatic heterocycles. The van der Waals surface area contributed by atoms with Crippen molar-refractivity contribution in [3.05, 3.63) is 89.2 Å². The number of ether oxygens (including phenoxy) is 2. The van der Waals surface area contributed by atoms with E-state index >= 15 is 0 Å². The van der Waals surface area contributed by atoms with Gasteiger partial charge in [-0.1, -0.05) is 18.2 Å². The van der Waals surface area contributed by atoms with Crippen molar-refractivity contribution in [3.8, 4) is 11.5 Å². The first-order valence-corrected chi connectivity index (χ1v) is 9.34. The lowest BCUT2D eigenvalue weighted by Crippen LogP contribution is -2.16. The number of aryl methyl sites for hydroxylation is 1. The first kappa shape index (κ1) is 20.4. The summed E-state index contributed by atoms with van der Waals surface area (Å²) in [6.07, 6.45) is 0.203. The molecule has 5 heteroatoms. The van der Waals surface area contributed by atoms with Crippen LogP contribution < -0.4 is 14.8 Å². The van der Waals surface area contributed by atoms with Crippen molar-refractivity contribution in [3.63, 3.8) is 0 Å². The Kier molecular flexibility index (Phi) is 6.50. The predicted molar refractivity (Wildman–Crippen MR) is 112 cm³/mol. The minimum Gasteiger partial charge on any atom is -0.493 e. The van der Waals surface area contributed by atoms with Crippen LogP contribution in [0.4, 0.5) is 10.1 Å². The summed E-state index contributed by atoms with van der Waals surface area (Å²) in [5.74, 6) is 0.770. The highest BCUT2D eigenvalue weighted by molar-refractivity contribution is 5.96. The molecule has 0 saturated carbocycles. The van der Waals surface area contributed by atoms with Gasteiger partial charge in [0.25, 0.3) is 0 Å². The lowest BCUT2D eigenvalue weighted by Gasteiger charge is -2.21. The lowest BCUT2D eigenvalue weighted by atomic mass is 9.97. The summed E-state index contributed by atoms with van der Waals surface area (Å²) in [6.45, 7) is 2.01. The SMILES string of the molecule is COc1ccc(C(CC(=O)c2ccc(F)cc2)Nc2cccc(C)c2)cc1OC. The van der Waals surface area contributed by atoms with Crippen LogP contribution in [0.15, 0.2) is 66.7 Å². The van der Waals surface area contributed by atoms with Crippen LogP contribution in [0.3, 0.4) is 0 Å². The molecule has 0 aliphatic rings. The van der Waals surface area contributed by atoms with Gasteiger partial charge in [-0.3, -0.25) is 4.79 Å². The van der Waals surface area contributed by atoms with E-state index in [1.54, 1.807) is 14.2 Å². The third-order valence-corrected chi connectivity index (χ3v) is 4.72. The molecule has 1 N–H and O–H groups in total. The summed E-state index contributed by atoms with van der Waals surface area (Å²) in [5, 5.41) is 3.45. The molecule has 0 radical (unpaired) electrons. The standard InChI is InChI=1S/C24H24FNO3/c1-16-5-4-6-20(13-16)26-21(15-22(27)17-7-10-19(25)11-8-17)18-9-12-23(28-2)24(14-18)29-3/h4-14,21,26H,15H2,1-3H3. The Morgan fingerprint density at radius 1 is 0.966 bits per heavy atom. The second-order valence-corrected chi connectivity index (χ2v) is 6.82. The average molecular weight is 393 g/mol. The van der Waals surface area contributed by atoms with Crippen molar-refractivity contribution in [1.29, 1.82) is 0 Å². The molecule has 3 rings (SSSR count). The van der Waals surface area contributed by atoms with Crippen molar-refractivity contribution >= 4 is 11.5 Å². The third-order valence-electron chi connectivity index (χ3n) is 4.72. The quantitative estimate of drug-likeness (QED) is 0.508. The highest BCUT2D eigenvalue weighted by Crippen LogP contribution is 2.33. The zero-order chi connectivity index (χ0) is 20.8. The first-order valence-electron chi connectivity index (χ1n) is 9.34. The van der Waals surface area contributed by atoms with Crippen molar-refractivity contribution in [2.45, 2.75) is 19.4 Å². The monoisotopic (exact) mass is 393 g/mol. The van der Waals surface area contributed by atoms with E-state index in [0.29, 0.717) is 17.1 Å². The Labute approximate surface area is 170 Å². The maximum atomic E-state index is 13.2. The fourth-order valence-corrected chi connectivity index (χ4v) is 3.20. The average Bonchev–Trinajstić information content (AvgIpc) is 2.73. The summed E-state index contributed by atoms with van der Waals surface area (Å²) in [7, 11) is 3.16. The normalized spacial score (nSPS) is 11.6. The number of hydrogen-bond acceptors (Lipinski definition) is 4. The largest absolute Gasteiger partial charge is 0.493 e. The summed E-state index contributed by atoms with van der Waals surface area (Å²) >= 11 is 0. The van der Waals surface area contributed by atoms with E-state index in [1.807, 2.05) is 49.4 Å². The Morgan fingerprint density at radius 2 is 1.69 bits per heavy atom. The Bertz CT molecular complexity index is 986. The van der Waals surface area contributed by atoms with E-state index < -0.39 is 0 Å². The van der Waals surface area contributed by atoms with Gasteiger partial charge in [0, 0.05) is 17.7 Å². The molecule has 4 nitrogen and oxygen atoms in total. The molecular formula is C24H24FNO3. The third kappa shape index (κ3) is 5.13. The van der Waals surface area contributed by atoms with Crippen molar-refractivity contribution < 1.29 is 18.7 Å². The van der Waals surface area contributed by atoms with Gasteiger partial charge < -0.3 is 14.8 Å². The number of benzene rings is 3. The number of Topliss-reactive ketones (excluding diaryl/α,β-unsaturated/α-hetero) is 1. The molecular weight excluding hydrogens is 369 g/mol. The predicted octanol–water partition coefficient (Wildman–Crippen LogP) is 5.58. The molecule has 0 saturated heterocycles. The van der Waals surface area contributed by atoms with Crippen LogP contribution in [0.25, 0.3) is 0 Å². The highest BCUT2D eigenvalue weighted by atomic mass is 19.1. The minimum absolute atomic E-state index is 0.0788. The second-order valence-electron chi connectivity index (χ2n) is 6.82. The number of methoxy groups -OCH3 is 2. The number of nitrogens with one attached hydrogen (secondary N) is 1. The number of anilines is 1. The van der Waals surface area contributed by atoms with Crippen LogP contribution >= 0.6 is 0 Å². The van der Waals surface area contributed by atoms with Gasteiger partial charge in [0.05, 0.1) is 20.3 Å². The lowest BCUT2D eigenvalue weighted by molar-refractivity contribution is 0.0976. The number of carbonyl (C=O) groups is 1. The number of halogens is 1. The van der Waals surface area contributed by atoms with E-state index in [1.165, 1.54) is 24.3 Å². The summed E-state index contributed by atoms with van der Waals surface area (Å²) in [5.41, 5.74) is 3.39. The Morgan fingerprint density at radius 3 is 2.34 bits per heavy atom. The van der Waals surface area contributed by atoms with Gasteiger partial charge in [0.1, 0.15) is 5.82 Å². The van der Waals surface area contributed by atoms with Gasteiger partial charge in [-0.2, -0.15) is 0 Å². The molecule has 3 aromatic carbocycles. The molecule has 3 aromatic rings. The van der Waals surface area contributed by atoms with Crippen LogP contribution in [0.2, 0.25) is 0 Å². The smallest absolute Gasteiger partial charge is 0.165 e. The molecule has 0 spiro atoms. The number of rotatable bonds is 8. The van der Waals surface area contributed by atoms with Gasteiger partial charge in [-0.05, 0) is 66.6 Å². The number of ketones is 1. The molecule has 0 aliphatic heterocycles. The van der Waals surface area contributed by atoms with Crippen LogP contribution in [0.5, 0.6) is 11.5 Å². The molecule has 0 fully saturated rings. The van der Waals surface area contributed by atoms with Gasteiger partial charge >= 0.3 is 0 Å². The molecule has 29 heavy (non-hydrogen) atoms. The van der Waals surface area contributed by atoms with Gasteiger partial charge in [0.2, 0.25) is 0 Å². The van der Waals surface area contributed by atoms with Crippen LogP contribution in [-0.4, -0.2) is 20.0 Å². The zero-order valence-electron chi connectivity index (χ0n) is 16.7. The molecule has 1 unspecified atom stereocenters. The van der Waals surface area contributed by atoms with Gasteiger partial charge in [-0.15, -0.1) is 0 Å². The molecule has 1 atom stereocenters. The molecule has 0 heterocycles. The van der Waals surface area contributed by atoms with Crippen LogP contribution in [-0.2, 0) is 0 Å². The van der Waals surface area contributed by atoms with Crippen LogP contribution in [0, 0.1) is 12.7 Å². The van der Waals surface area contributed by atoms with Crippen molar-refractivity contribution in [2.75, 3.05) is 19.5 Å². The summed E-state index contributed by atoms with van der Waals surface area (Å²) in [6, 6.07) is 18.9. The van der Waals surface area contributed by atoms with Crippen molar-refractivity contribution in [1.82, 2.24) is 0 Å². The second kappa shape index (κ2) is 9.24. The fraction of sp³-hybridized carbons (Fsp3) is 0.208. The van der Waals surface area contributed by atoms with Crippen molar-refractivity contribution in [2.24, 2.45) is 0 Å². The van der Waals surface area contributed by atoms with Gasteiger partial charge in [-0.25, -0.2) is 4.39 Å². The van der Waals surface area contributed by atoms with Gasteiger partial charge in [0.15, 0.2) is 17.3 Å². The summed E-state index contributed by atoms with van der Waals surface area (Å²) in [4.78, 5) is 12.9. The highest BCUT2D eigenvalue weighted by Gasteiger charge is 2.19.